The molecule has 0 spiro atoms. The lowest BCUT2D eigenvalue weighted by Gasteiger charge is -2.08. The maximum absolute atomic E-state index is 5.79. The second-order valence-electron chi connectivity index (χ2n) is 3.50. The van der Waals surface area contributed by atoms with E-state index in [-0.39, 0.29) is 0 Å². The number of anilines is 1. The Balaban J connectivity index is 2.23. The number of ether oxygens (including phenoxy) is 2. The molecule has 4 heteroatoms. The lowest BCUT2D eigenvalue weighted by Crippen LogP contribution is -1.91. The molecule has 0 unspecified atom stereocenters. The Morgan fingerprint density at radius 3 is 2.24 bits per heavy atom. The first kappa shape index (κ1) is 11.6. The maximum Gasteiger partial charge on any atom is 0.133 e. The number of halogens is 1. The summed E-state index contributed by atoms with van der Waals surface area (Å²) < 4.78 is 10.7. The zero-order valence-corrected chi connectivity index (χ0v) is 10.1. The topological polar surface area (TPSA) is 44.5 Å². The molecule has 0 aromatic heterocycles. The minimum Gasteiger partial charge on any atom is -0.497 e. The van der Waals surface area contributed by atoms with Gasteiger partial charge in [-0.15, -0.1) is 0 Å². The molecular weight excluding hydrogens is 238 g/mol. The van der Waals surface area contributed by atoms with Gasteiger partial charge in [-0.25, -0.2) is 0 Å². The first-order valence-electron chi connectivity index (χ1n) is 5.05. The van der Waals surface area contributed by atoms with Crippen molar-refractivity contribution in [2.45, 2.75) is 0 Å². The van der Waals surface area contributed by atoms with E-state index in [1.165, 1.54) is 0 Å². The molecule has 0 amide bonds. The van der Waals surface area contributed by atoms with Gasteiger partial charge in [-0.3, -0.25) is 0 Å². The standard InChI is InChI=1S/C13H12ClNO2/c1-16-12-6-10(15)7-13(8-12)17-11-4-2-9(14)3-5-11/h2-8H,15H2,1H3. The zero-order valence-electron chi connectivity index (χ0n) is 9.31. The molecule has 0 atom stereocenters. The van der Waals surface area contributed by atoms with E-state index >= 15 is 0 Å². The summed E-state index contributed by atoms with van der Waals surface area (Å²) in [6.45, 7) is 0. The van der Waals surface area contributed by atoms with Crippen LogP contribution in [0.4, 0.5) is 5.69 Å². The van der Waals surface area contributed by atoms with Crippen molar-refractivity contribution in [3.8, 4) is 17.2 Å². The van der Waals surface area contributed by atoms with Crippen LogP contribution in [0.3, 0.4) is 0 Å². The van der Waals surface area contributed by atoms with E-state index in [0.717, 1.165) is 0 Å². The molecule has 0 saturated heterocycles. The van der Waals surface area contributed by atoms with E-state index in [4.69, 9.17) is 26.8 Å². The fraction of sp³-hybridized carbons (Fsp3) is 0.0769. The van der Waals surface area contributed by atoms with E-state index in [1.807, 2.05) is 0 Å². The van der Waals surface area contributed by atoms with Crippen molar-refractivity contribution < 1.29 is 9.47 Å². The van der Waals surface area contributed by atoms with Crippen molar-refractivity contribution in [3.05, 3.63) is 47.5 Å². The summed E-state index contributed by atoms with van der Waals surface area (Å²) in [5.74, 6) is 1.99. The molecule has 0 fully saturated rings. The number of nitrogens with two attached hydrogens (primary N) is 1. The third kappa shape index (κ3) is 3.04. The Morgan fingerprint density at radius 1 is 0.941 bits per heavy atom. The van der Waals surface area contributed by atoms with Gasteiger partial charge in [0.1, 0.15) is 17.2 Å². The van der Waals surface area contributed by atoms with E-state index < -0.39 is 0 Å². The Kier molecular flexibility index (Phi) is 3.40. The predicted octanol–water partition coefficient (Wildman–Crippen LogP) is 3.72. The largest absolute Gasteiger partial charge is 0.497 e. The van der Waals surface area contributed by atoms with Crippen LogP contribution >= 0.6 is 11.6 Å². The molecule has 2 aromatic carbocycles. The number of methoxy groups -OCH3 is 1. The van der Waals surface area contributed by atoms with Crippen LogP contribution < -0.4 is 15.2 Å². The second-order valence-corrected chi connectivity index (χ2v) is 3.93. The molecule has 2 rings (SSSR count). The van der Waals surface area contributed by atoms with E-state index in [9.17, 15) is 0 Å². The molecule has 2 N–H and O–H groups in total. The van der Waals surface area contributed by atoms with Crippen LogP contribution in [0.2, 0.25) is 5.02 Å². The summed E-state index contributed by atoms with van der Waals surface area (Å²) in [6, 6.07) is 12.3. The van der Waals surface area contributed by atoms with Gasteiger partial charge in [0.05, 0.1) is 7.11 Å². The molecule has 17 heavy (non-hydrogen) atoms. The summed E-state index contributed by atoms with van der Waals surface area (Å²) in [7, 11) is 1.58. The molecule has 0 saturated carbocycles. The molecule has 2 aromatic rings. The van der Waals surface area contributed by atoms with Gasteiger partial charge in [-0.05, 0) is 24.3 Å². The quantitative estimate of drug-likeness (QED) is 0.843. The van der Waals surface area contributed by atoms with Gasteiger partial charge in [0, 0.05) is 28.9 Å². The fourth-order valence-electron chi connectivity index (χ4n) is 1.41. The zero-order chi connectivity index (χ0) is 12.3. The van der Waals surface area contributed by atoms with Crippen LogP contribution in [0.1, 0.15) is 0 Å². The molecule has 88 valence electrons. The second kappa shape index (κ2) is 4.97. The number of hydrogen-bond donors (Lipinski definition) is 1. The average Bonchev–Trinajstić information content (AvgIpc) is 2.31. The van der Waals surface area contributed by atoms with Crippen molar-refractivity contribution in [3.63, 3.8) is 0 Å². The van der Waals surface area contributed by atoms with Gasteiger partial charge in [-0.1, -0.05) is 11.6 Å². The third-order valence-corrected chi connectivity index (χ3v) is 2.44. The Morgan fingerprint density at radius 2 is 1.59 bits per heavy atom. The van der Waals surface area contributed by atoms with Crippen LogP contribution in [0, 0.1) is 0 Å². The first-order chi connectivity index (χ1) is 8.17. The van der Waals surface area contributed by atoms with Gasteiger partial charge in [0.2, 0.25) is 0 Å². The van der Waals surface area contributed by atoms with Crippen LogP contribution in [0.15, 0.2) is 42.5 Å². The first-order valence-corrected chi connectivity index (χ1v) is 5.43. The normalized spacial score (nSPS) is 10.0. The number of nitrogen functional groups attached to an aromatic ring is 1. The van der Waals surface area contributed by atoms with Gasteiger partial charge in [-0.2, -0.15) is 0 Å². The molecule has 0 heterocycles. The van der Waals surface area contributed by atoms with Crippen LogP contribution in [0.5, 0.6) is 17.2 Å². The van der Waals surface area contributed by atoms with Crippen molar-refractivity contribution in [2.75, 3.05) is 12.8 Å². The van der Waals surface area contributed by atoms with Crippen LogP contribution in [-0.4, -0.2) is 7.11 Å². The van der Waals surface area contributed by atoms with Crippen molar-refractivity contribution in [2.24, 2.45) is 0 Å². The van der Waals surface area contributed by atoms with Gasteiger partial charge >= 0.3 is 0 Å². The SMILES string of the molecule is COc1cc(N)cc(Oc2ccc(Cl)cc2)c1. The molecule has 0 aliphatic heterocycles. The predicted molar refractivity (Wildman–Crippen MR) is 68.9 cm³/mol. The summed E-state index contributed by atoms with van der Waals surface area (Å²) in [5, 5.41) is 0.669. The minimum atomic E-state index is 0.591. The average molecular weight is 250 g/mol. The van der Waals surface area contributed by atoms with Crippen molar-refractivity contribution >= 4 is 17.3 Å². The van der Waals surface area contributed by atoms with Crippen molar-refractivity contribution in [1.82, 2.24) is 0 Å². The number of rotatable bonds is 3. The molecule has 0 bridgehead atoms. The molecule has 0 radical (unpaired) electrons. The van der Waals surface area contributed by atoms with E-state index in [1.54, 1.807) is 49.6 Å². The molecule has 0 aliphatic rings. The Bertz CT molecular complexity index is 511. The lowest BCUT2D eigenvalue weighted by atomic mass is 10.3. The molecule has 3 nitrogen and oxygen atoms in total. The lowest BCUT2D eigenvalue weighted by molar-refractivity contribution is 0.409. The monoisotopic (exact) mass is 249 g/mol. The van der Waals surface area contributed by atoms with Crippen LogP contribution in [0.25, 0.3) is 0 Å². The van der Waals surface area contributed by atoms with Crippen LogP contribution in [-0.2, 0) is 0 Å². The summed E-state index contributed by atoms with van der Waals surface area (Å²) in [5.41, 5.74) is 6.32. The maximum atomic E-state index is 5.79. The molecular formula is C13H12ClNO2. The number of hydrogen-bond acceptors (Lipinski definition) is 3. The van der Waals surface area contributed by atoms with Crippen molar-refractivity contribution in [1.29, 1.82) is 0 Å². The summed E-state index contributed by atoms with van der Waals surface area (Å²) in [4.78, 5) is 0. The summed E-state index contributed by atoms with van der Waals surface area (Å²) in [6.07, 6.45) is 0. The highest BCUT2D eigenvalue weighted by atomic mass is 35.5. The van der Waals surface area contributed by atoms with Gasteiger partial charge < -0.3 is 15.2 Å². The minimum absolute atomic E-state index is 0.591. The van der Waals surface area contributed by atoms with E-state index in [2.05, 4.69) is 0 Å². The smallest absolute Gasteiger partial charge is 0.133 e. The third-order valence-electron chi connectivity index (χ3n) is 2.19. The Hall–Kier alpha value is -1.87. The van der Waals surface area contributed by atoms with Gasteiger partial charge in [0.25, 0.3) is 0 Å². The highest BCUT2D eigenvalue weighted by molar-refractivity contribution is 6.30. The van der Waals surface area contributed by atoms with E-state index in [0.29, 0.717) is 28.0 Å². The fourth-order valence-corrected chi connectivity index (χ4v) is 1.54. The number of benzene rings is 2. The Labute approximate surface area is 105 Å². The molecule has 0 aliphatic carbocycles. The summed E-state index contributed by atoms with van der Waals surface area (Å²) >= 11 is 5.79. The van der Waals surface area contributed by atoms with Gasteiger partial charge in [0.15, 0.2) is 0 Å². The highest BCUT2D eigenvalue weighted by Gasteiger charge is 2.02. The highest BCUT2D eigenvalue weighted by Crippen LogP contribution is 2.28.